The van der Waals surface area contributed by atoms with E-state index in [0.29, 0.717) is 12.1 Å². The van der Waals surface area contributed by atoms with Crippen LogP contribution in [0, 0.1) is 5.82 Å². The topological polar surface area (TPSA) is 53.8 Å². The number of hydrogen-bond acceptors (Lipinski definition) is 4. The number of rotatable bonds is 2. The van der Waals surface area contributed by atoms with Gasteiger partial charge < -0.3 is 5.32 Å². The van der Waals surface area contributed by atoms with Gasteiger partial charge in [0.05, 0.1) is 17.5 Å². The molecule has 1 N–H and O–H groups in total. The molecule has 0 atom stereocenters. The molecule has 21 heavy (non-hydrogen) atoms. The Morgan fingerprint density at radius 3 is 2.67 bits per heavy atom. The van der Waals surface area contributed by atoms with Crippen molar-refractivity contribution in [3.8, 4) is 0 Å². The summed E-state index contributed by atoms with van der Waals surface area (Å²) in [6, 6.07) is 1.34. The first-order valence-corrected chi connectivity index (χ1v) is 7.16. The molecular formula is C11H6BrF4N3OS. The van der Waals surface area contributed by atoms with E-state index in [0.717, 1.165) is 18.0 Å². The normalized spacial score (nSPS) is 17.8. The van der Waals surface area contributed by atoms with Crippen LogP contribution in [0.1, 0.15) is 11.1 Å². The number of nitrogens with one attached hydrogen (secondary N) is 1. The molecule has 1 aliphatic rings. The van der Waals surface area contributed by atoms with Gasteiger partial charge in [-0.1, -0.05) is 11.8 Å². The van der Waals surface area contributed by atoms with E-state index in [1.165, 1.54) is 0 Å². The summed E-state index contributed by atoms with van der Waals surface area (Å²) in [6.45, 7) is 0. The van der Waals surface area contributed by atoms with Crippen molar-refractivity contribution in [3.63, 3.8) is 0 Å². The summed E-state index contributed by atoms with van der Waals surface area (Å²) in [6.07, 6.45) is -3.76. The SMILES string of the molecule is O=C1CSC(=NN=Cc2c(F)ccc(C(F)(F)F)c2Br)N1. The number of alkyl halides is 3. The Labute approximate surface area is 128 Å². The predicted octanol–water partition coefficient (Wildman–Crippen LogP) is 3.16. The molecule has 2 rings (SSSR count). The van der Waals surface area contributed by atoms with E-state index in [1.807, 2.05) is 0 Å². The molecule has 1 saturated heterocycles. The second kappa shape index (κ2) is 6.14. The van der Waals surface area contributed by atoms with Crippen molar-refractivity contribution in [3.05, 3.63) is 33.5 Å². The minimum atomic E-state index is -4.61. The summed E-state index contributed by atoms with van der Waals surface area (Å²) in [4.78, 5) is 10.9. The van der Waals surface area contributed by atoms with E-state index < -0.39 is 22.0 Å². The number of nitrogens with zero attached hydrogens (tertiary/aromatic N) is 2. The standard InChI is InChI=1S/C11H6BrF4N3OS/c12-9-5(3-17-19-10-18-8(20)4-21-10)7(13)2-1-6(9)11(14,15)16/h1-3H,4H2,(H,18,19,20). The molecule has 1 heterocycles. The zero-order valence-electron chi connectivity index (χ0n) is 10.0. The molecule has 1 aliphatic heterocycles. The van der Waals surface area contributed by atoms with Crippen LogP contribution in [0.2, 0.25) is 0 Å². The summed E-state index contributed by atoms with van der Waals surface area (Å²) in [5.41, 5.74) is -1.38. The average Bonchev–Trinajstić information content (AvgIpc) is 2.77. The highest BCUT2D eigenvalue weighted by Crippen LogP contribution is 2.36. The van der Waals surface area contributed by atoms with Crippen LogP contribution in [0.25, 0.3) is 0 Å². The van der Waals surface area contributed by atoms with E-state index >= 15 is 0 Å². The van der Waals surface area contributed by atoms with Gasteiger partial charge in [0.15, 0.2) is 5.17 Å². The molecule has 10 heteroatoms. The molecule has 1 amide bonds. The molecule has 0 spiro atoms. The Morgan fingerprint density at radius 1 is 1.38 bits per heavy atom. The Morgan fingerprint density at radius 2 is 2.10 bits per heavy atom. The van der Waals surface area contributed by atoms with Crippen molar-refractivity contribution in [1.82, 2.24) is 5.32 Å². The molecule has 0 radical (unpaired) electrons. The van der Waals surface area contributed by atoms with Gasteiger partial charge in [0.2, 0.25) is 5.91 Å². The summed E-state index contributed by atoms with van der Waals surface area (Å²) in [7, 11) is 0. The molecule has 1 fully saturated rings. The van der Waals surface area contributed by atoms with Crippen molar-refractivity contribution in [2.24, 2.45) is 10.2 Å². The van der Waals surface area contributed by atoms with Gasteiger partial charge in [-0.05, 0) is 28.1 Å². The smallest absolute Gasteiger partial charge is 0.303 e. The zero-order valence-corrected chi connectivity index (χ0v) is 12.4. The fourth-order valence-electron chi connectivity index (χ4n) is 1.42. The van der Waals surface area contributed by atoms with Crippen molar-refractivity contribution in [2.75, 3.05) is 5.75 Å². The van der Waals surface area contributed by atoms with Crippen LogP contribution < -0.4 is 5.32 Å². The largest absolute Gasteiger partial charge is 0.417 e. The molecule has 0 saturated carbocycles. The van der Waals surface area contributed by atoms with Gasteiger partial charge in [-0.15, -0.1) is 5.10 Å². The van der Waals surface area contributed by atoms with Gasteiger partial charge in [-0.2, -0.15) is 18.3 Å². The second-order valence-corrected chi connectivity index (χ2v) is 5.56. The average molecular weight is 384 g/mol. The summed E-state index contributed by atoms with van der Waals surface area (Å²) in [5, 5.41) is 9.67. The van der Waals surface area contributed by atoms with Crippen LogP contribution in [0.3, 0.4) is 0 Å². The highest BCUT2D eigenvalue weighted by Gasteiger charge is 2.34. The maximum absolute atomic E-state index is 13.6. The Bertz CT molecular complexity index is 645. The maximum atomic E-state index is 13.6. The highest BCUT2D eigenvalue weighted by atomic mass is 79.9. The van der Waals surface area contributed by atoms with Crippen LogP contribution in [0.5, 0.6) is 0 Å². The minimum Gasteiger partial charge on any atom is -0.303 e. The molecule has 4 nitrogen and oxygen atoms in total. The van der Waals surface area contributed by atoms with Crippen LogP contribution in [-0.2, 0) is 11.0 Å². The van der Waals surface area contributed by atoms with Crippen molar-refractivity contribution >= 4 is 45.0 Å². The number of carbonyl (C=O) groups excluding carboxylic acids is 1. The van der Waals surface area contributed by atoms with Gasteiger partial charge in [0.1, 0.15) is 5.82 Å². The minimum absolute atomic E-state index is 0.190. The third-order valence-corrected chi connectivity index (χ3v) is 4.07. The molecule has 0 aliphatic carbocycles. The molecule has 0 aromatic heterocycles. The number of thioether (sulfide) groups is 1. The first-order valence-electron chi connectivity index (χ1n) is 5.38. The van der Waals surface area contributed by atoms with Crippen molar-refractivity contribution in [1.29, 1.82) is 0 Å². The predicted molar refractivity (Wildman–Crippen MR) is 74.7 cm³/mol. The number of carbonyl (C=O) groups is 1. The number of benzene rings is 1. The molecule has 0 unspecified atom stereocenters. The third-order valence-electron chi connectivity index (χ3n) is 2.35. The lowest BCUT2D eigenvalue weighted by atomic mass is 10.1. The Balaban J connectivity index is 2.29. The first kappa shape index (κ1) is 16.0. The lowest BCUT2D eigenvalue weighted by molar-refractivity contribution is -0.138. The van der Waals surface area contributed by atoms with Crippen LogP contribution in [0.15, 0.2) is 26.8 Å². The van der Waals surface area contributed by atoms with E-state index in [2.05, 4.69) is 31.4 Å². The zero-order chi connectivity index (χ0) is 15.6. The van der Waals surface area contributed by atoms with E-state index in [1.54, 1.807) is 0 Å². The Hall–Kier alpha value is -1.42. The van der Waals surface area contributed by atoms with Crippen molar-refractivity contribution < 1.29 is 22.4 Å². The second-order valence-electron chi connectivity index (χ2n) is 3.81. The van der Waals surface area contributed by atoms with Gasteiger partial charge in [0.25, 0.3) is 0 Å². The number of hydrogen-bond donors (Lipinski definition) is 1. The van der Waals surface area contributed by atoms with Crippen LogP contribution >= 0.6 is 27.7 Å². The fraction of sp³-hybridized carbons (Fsp3) is 0.182. The summed E-state index contributed by atoms with van der Waals surface area (Å²) in [5.74, 6) is -0.932. The molecule has 0 bridgehead atoms. The monoisotopic (exact) mass is 383 g/mol. The van der Waals surface area contributed by atoms with E-state index in [4.69, 9.17) is 0 Å². The molecule has 1 aromatic carbocycles. The van der Waals surface area contributed by atoms with E-state index in [-0.39, 0.29) is 22.4 Å². The van der Waals surface area contributed by atoms with Gasteiger partial charge in [-0.25, -0.2) is 4.39 Å². The number of amides is 1. The third kappa shape index (κ3) is 3.82. The number of amidine groups is 1. The maximum Gasteiger partial charge on any atom is 0.417 e. The number of halogens is 5. The molecular weight excluding hydrogens is 378 g/mol. The summed E-state index contributed by atoms with van der Waals surface area (Å²) >= 11 is 3.81. The first-order chi connectivity index (χ1) is 9.79. The Kier molecular flexibility index (Phi) is 4.67. The quantitative estimate of drug-likeness (QED) is 0.484. The van der Waals surface area contributed by atoms with E-state index in [9.17, 15) is 22.4 Å². The van der Waals surface area contributed by atoms with Gasteiger partial charge in [0, 0.05) is 10.0 Å². The molecule has 112 valence electrons. The van der Waals surface area contributed by atoms with Crippen LogP contribution in [-0.4, -0.2) is 23.0 Å². The van der Waals surface area contributed by atoms with Gasteiger partial charge in [-0.3, -0.25) is 4.79 Å². The lowest BCUT2D eigenvalue weighted by Gasteiger charge is -2.10. The lowest BCUT2D eigenvalue weighted by Crippen LogP contribution is -2.19. The fourth-order valence-corrected chi connectivity index (χ4v) is 2.70. The van der Waals surface area contributed by atoms with Crippen molar-refractivity contribution in [2.45, 2.75) is 6.18 Å². The van der Waals surface area contributed by atoms with Crippen LogP contribution in [0.4, 0.5) is 17.6 Å². The summed E-state index contributed by atoms with van der Waals surface area (Å²) < 4.78 is 51.2. The molecule has 1 aromatic rings. The highest BCUT2D eigenvalue weighted by molar-refractivity contribution is 9.10. The van der Waals surface area contributed by atoms with Gasteiger partial charge >= 0.3 is 6.18 Å².